The van der Waals surface area contributed by atoms with E-state index in [1.54, 1.807) is 0 Å². The van der Waals surface area contributed by atoms with Crippen LogP contribution in [0.25, 0.3) is 21.8 Å². The van der Waals surface area contributed by atoms with E-state index in [1.807, 2.05) is 0 Å². The molecule has 0 spiro atoms. The van der Waals surface area contributed by atoms with E-state index in [0.29, 0.717) is 12.1 Å². The third-order valence-corrected chi connectivity index (χ3v) is 8.99. The molecule has 0 radical (unpaired) electrons. The Bertz CT molecular complexity index is 1210. The van der Waals surface area contributed by atoms with E-state index < -0.39 is 0 Å². The van der Waals surface area contributed by atoms with Crippen molar-refractivity contribution in [3.8, 4) is 0 Å². The molecule has 2 aromatic carbocycles. The number of fused-ring (bicyclic) bond motifs is 2. The van der Waals surface area contributed by atoms with Crippen LogP contribution >= 0.6 is 48.8 Å². The minimum atomic E-state index is 0. The number of halogens is 3. The molecule has 0 saturated heterocycles. The number of hydrogen-bond donors (Lipinski definition) is 0. The number of aryl methyl sites for hydroxylation is 2. The predicted molar refractivity (Wildman–Crippen MR) is 168 cm³/mol. The molecule has 2 aromatic heterocycles. The molecule has 0 unspecified atom stereocenters. The minimum absolute atomic E-state index is 0. The third-order valence-electron chi connectivity index (χ3n) is 8.00. The standard InChI is InChI=1S/2C15H19BrN2.BrH/c2*1-2-14-13-9-8-11(16)10-15(13)18(17-14)12-6-4-3-5-7-12;/h2*8-10,12H,2-7H2,1H3;1H. The minimum Gasteiger partial charge on any atom is -0.261 e. The monoisotopic (exact) mass is 692 g/mol. The number of rotatable bonds is 4. The van der Waals surface area contributed by atoms with Crippen molar-refractivity contribution in [1.29, 1.82) is 0 Å². The van der Waals surface area contributed by atoms with Crippen LogP contribution in [-0.4, -0.2) is 19.6 Å². The average molecular weight is 695 g/mol. The second-order valence-electron chi connectivity index (χ2n) is 10.4. The van der Waals surface area contributed by atoms with Crippen LogP contribution in [0.3, 0.4) is 0 Å². The highest BCUT2D eigenvalue weighted by Gasteiger charge is 2.21. The maximum Gasteiger partial charge on any atom is 0.0700 e. The van der Waals surface area contributed by atoms with E-state index in [9.17, 15) is 0 Å². The summed E-state index contributed by atoms with van der Waals surface area (Å²) < 4.78 is 6.88. The average Bonchev–Trinajstić information content (AvgIpc) is 3.47. The maximum absolute atomic E-state index is 4.87. The van der Waals surface area contributed by atoms with Crippen molar-refractivity contribution in [3.63, 3.8) is 0 Å². The number of nitrogens with zero attached hydrogens (tertiary/aromatic N) is 4. The Kier molecular flexibility index (Phi) is 10.3. The predicted octanol–water partition coefficient (Wildman–Crippen LogP) is 10.3. The van der Waals surface area contributed by atoms with Crippen LogP contribution in [0.15, 0.2) is 45.3 Å². The molecule has 6 rings (SSSR count). The van der Waals surface area contributed by atoms with Gasteiger partial charge in [-0.1, -0.05) is 84.2 Å². The molecular formula is C30H39Br3N4. The van der Waals surface area contributed by atoms with Gasteiger partial charge in [-0.3, -0.25) is 9.36 Å². The van der Waals surface area contributed by atoms with E-state index in [-0.39, 0.29) is 17.0 Å². The summed E-state index contributed by atoms with van der Waals surface area (Å²) in [6, 6.07) is 14.3. The van der Waals surface area contributed by atoms with E-state index in [4.69, 9.17) is 10.2 Å². The first kappa shape index (κ1) is 28.8. The molecule has 0 amide bonds. The smallest absolute Gasteiger partial charge is 0.0700 e. The molecule has 7 heteroatoms. The summed E-state index contributed by atoms with van der Waals surface area (Å²) in [6.45, 7) is 4.38. The Balaban J connectivity index is 0.000000168. The topological polar surface area (TPSA) is 35.6 Å². The first-order valence-corrected chi connectivity index (χ1v) is 15.5. The Labute approximate surface area is 248 Å². The summed E-state index contributed by atoms with van der Waals surface area (Å²) in [5.41, 5.74) is 5.08. The van der Waals surface area contributed by atoms with Gasteiger partial charge in [-0.2, -0.15) is 10.2 Å². The molecule has 2 saturated carbocycles. The third kappa shape index (κ3) is 6.36. The lowest BCUT2D eigenvalue weighted by molar-refractivity contribution is 0.336. The second-order valence-corrected chi connectivity index (χ2v) is 12.2. The first-order chi connectivity index (χ1) is 17.6. The normalized spacial score (nSPS) is 17.0. The molecule has 4 aromatic rings. The lowest BCUT2D eigenvalue weighted by atomic mass is 9.95. The zero-order chi connectivity index (χ0) is 25.1. The zero-order valence-corrected chi connectivity index (χ0v) is 26.9. The fourth-order valence-corrected chi connectivity index (χ4v) is 6.78. The molecule has 0 bridgehead atoms. The maximum atomic E-state index is 4.87. The largest absolute Gasteiger partial charge is 0.261 e. The molecule has 0 aliphatic heterocycles. The quantitative estimate of drug-likeness (QED) is 0.213. The van der Waals surface area contributed by atoms with E-state index >= 15 is 0 Å². The van der Waals surface area contributed by atoms with Crippen LogP contribution in [0.5, 0.6) is 0 Å². The summed E-state index contributed by atoms with van der Waals surface area (Å²) in [4.78, 5) is 0. The van der Waals surface area contributed by atoms with Crippen molar-refractivity contribution < 1.29 is 0 Å². The van der Waals surface area contributed by atoms with Crippen LogP contribution in [0.2, 0.25) is 0 Å². The van der Waals surface area contributed by atoms with Gasteiger partial charge in [-0.15, -0.1) is 17.0 Å². The molecule has 2 aliphatic rings. The highest BCUT2D eigenvalue weighted by molar-refractivity contribution is 9.10. The molecule has 200 valence electrons. The van der Waals surface area contributed by atoms with Gasteiger partial charge in [0, 0.05) is 19.7 Å². The molecule has 0 atom stereocenters. The van der Waals surface area contributed by atoms with E-state index in [0.717, 1.165) is 21.8 Å². The lowest BCUT2D eigenvalue weighted by Gasteiger charge is -2.22. The molecule has 37 heavy (non-hydrogen) atoms. The molecular weight excluding hydrogens is 656 g/mol. The SMILES string of the molecule is Br.CCc1nn(C2CCCCC2)c2cc(Br)ccc12.CCc1nn(C2CCCCC2)c2cc(Br)ccc12. The van der Waals surface area contributed by atoms with Crippen molar-refractivity contribution >= 4 is 70.6 Å². The first-order valence-electron chi connectivity index (χ1n) is 13.9. The number of aromatic nitrogens is 4. The highest BCUT2D eigenvalue weighted by atomic mass is 79.9. The summed E-state index contributed by atoms with van der Waals surface area (Å²) in [7, 11) is 0. The Hall–Kier alpha value is -1.18. The summed E-state index contributed by atoms with van der Waals surface area (Å²) in [5, 5.41) is 12.4. The van der Waals surface area contributed by atoms with Crippen molar-refractivity contribution in [1.82, 2.24) is 19.6 Å². The van der Waals surface area contributed by atoms with Crippen LogP contribution in [0.1, 0.15) is 102 Å². The number of hydrogen-bond acceptors (Lipinski definition) is 2. The van der Waals surface area contributed by atoms with Crippen LogP contribution < -0.4 is 0 Å². The van der Waals surface area contributed by atoms with Crippen molar-refractivity contribution in [2.45, 2.75) is 103 Å². The molecule has 0 N–H and O–H groups in total. The second kappa shape index (κ2) is 13.3. The number of benzene rings is 2. The summed E-state index contributed by atoms with van der Waals surface area (Å²) in [6.07, 6.45) is 15.3. The van der Waals surface area contributed by atoms with Crippen LogP contribution in [0, 0.1) is 0 Å². The van der Waals surface area contributed by atoms with Crippen LogP contribution in [-0.2, 0) is 12.8 Å². The molecule has 2 aliphatic carbocycles. The fraction of sp³-hybridized carbons (Fsp3) is 0.533. The summed E-state index contributed by atoms with van der Waals surface area (Å²) >= 11 is 7.16. The van der Waals surface area contributed by atoms with Gasteiger partial charge in [0.1, 0.15) is 0 Å². The Morgan fingerprint density at radius 1 is 0.649 bits per heavy atom. The molecule has 2 heterocycles. The van der Waals surface area contributed by atoms with Gasteiger partial charge in [0.15, 0.2) is 0 Å². The van der Waals surface area contributed by atoms with E-state index in [2.05, 4.69) is 91.5 Å². The highest BCUT2D eigenvalue weighted by Crippen LogP contribution is 2.34. The van der Waals surface area contributed by atoms with Gasteiger partial charge in [0.2, 0.25) is 0 Å². The van der Waals surface area contributed by atoms with Gasteiger partial charge in [0.05, 0.1) is 34.5 Å². The van der Waals surface area contributed by atoms with Gasteiger partial charge >= 0.3 is 0 Å². The molecule has 4 nitrogen and oxygen atoms in total. The van der Waals surface area contributed by atoms with Gasteiger partial charge < -0.3 is 0 Å². The molecule has 2 fully saturated rings. The van der Waals surface area contributed by atoms with Crippen LogP contribution in [0.4, 0.5) is 0 Å². The van der Waals surface area contributed by atoms with Crippen molar-refractivity contribution in [3.05, 3.63) is 56.7 Å². The van der Waals surface area contributed by atoms with Gasteiger partial charge in [-0.05, 0) is 74.9 Å². The van der Waals surface area contributed by atoms with Crippen molar-refractivity contribution in [2.24, 2.45) is 0 Å². The Morgan fingerprint density at radius 3 is 1.38 bits per heavy atom. The van der Waals surface area contributed by atoms with Crippen molar-refractivity contribution in [2.75, 3.05) is 0 Å². The lowest BCUT2D eigenvalue weighted by Crippen LogP contribution is -2.14. The fourth-order valence-electron chi connectivity index (χ4n) is 6.08. The zero-order valence-electron chi connectivity index (χ0n) is 22.1. The van der Waals surface area contributed by atoms with Gasteiger partial charge in [0.25, 0.3) is 0 Å². The van der Waals surface area contributed by atoms with Gasteiger partial charge in [-0.25, -0.2) is 0 Å². The van der Waals surface area contributed by atoms with E-state index in [1.165, 1.54) is 97.4 Å². The Morgan fingerprint density at radius 2 is 1.03 bits per heavy atom. The summed E-state index contributed by atoms with van der Waals surface area (Å²) in [5.74, 6) is 0.